The zero-order valence-corrected chi connectivity index (χ0v) is 14.4. The summed E-state index contributed by atoms with van der Waals surface area (Å²) in [6.45, 7) is 0. The molecule has 1 aromatic heterocycles. The van der Waals surface area contributed by atoms with Gasteiger partial charge in [-0.3, -0.25) is 0 Å². The van der Waals surface area contributed by atoms with Crippen molar-refractivity contribution < 1.29 is 14.3 Å². The molecule has 1 aliphatic carbocycles. The molecule has 2 N–H and O–H groups in total. The molecule has 0 bridgehead atoms. The van der Waals surface area contributed by atoms with Crippen molar-refractivity contribution in [2.75, 3.05) is 5.32 Å². The number of allylic oxidation sites excluding steroid dienone is 2. The van der Waals surface area contributed by atoms with E-state index in [2.05, 4.69) is 15.5 Å². The first-order chi connectivity index (χ1) is 13.2. The van der Waals surface area contributed by atoms with Crippen LogP contribution in [0, 0.1) is 0 Å². The Morgan fingerprint density at radius 1 is 1.07 bits per heavy atom. The molecule has 27 heavy (non-hydrogen) atoms. The third-order valence-electron chi connectivity index (χ3n) is 4.28. The average Bonchev–Trinajstić information content (AvgIpc) is 3.19. The molecule has 1 unspecified atom stereocenters. The van der Waals surface area contributed by atoms with Gasteiger partial charge in [0.1, 0.15) is 0 Å². The zero-order chi connectivity index (χ0) is 18.6. The molecule has 2 aromatic carbocycles. The van der Waals surface area contributed by atoms with Crippen LogP contribution in [0.15, 0.2) is 82.8 Å². The Bertz CT molecular complexity index is 1020. The zero-order valence-electron chi connectivity index (χ0n) is 14.4. The number of aliphatic carboxylic acids is 1. The van der Waals surface area contributed by atoms with Gasteiger partial charge in [0.25, 0.3) is 0 Å². The number of carboxylic acid groups (broad SMARTS) is 1. The van der Waals surface area contributed by atoms with Crippen molar-refractivity contribution in [1.82, 2.24) is 10.2 Å². The molecule has 4 rings (SSSR count). The van der Waals surface area contributed by atoms with Crippen molar-refractivity contribution in [1.29, 1.82) is 0 Å². The molecule has 0 radical (unpaired) electrons. The van der Waals surface area contributed by atoms with Gasteiger partial charge in [-0.2, -0.15) is 0 Å². The minimum atomic E-state index is -0.965. The average molecular weight is 359 g/mol. The molecule has 6 heteroatoms. The molecule has 0 saturated heterocycles. The van der Waals surface area contributed by atoms with Crippen LogP contribution in [0.1, 0.15) is 18.2 Å². The lowest BCUT2D eigenvalue weighted by Gasteiger charge is -2.11. The Labute approximate surface area is 155 Å². The summed E-state index contributed by atoms with van der Waals surface area (Å²) in [6, 6.07) is 17.5. The summed E-state index contributed by atoms with van der Waals surface area (Å²) in [5.74, 6) is -0.406. The second-order valence-corrected chi connectivity index (χ2v) is 6.15. The van der Waals surface area contributed by atoms with Crippen LogP contribution in [0.4, 0.5) is 11.4 Å². The van der Waals surface area contributed by atoms with Crippen LogP contribution in [0.25, 0.3) is 11.5 Å². The lowest BCUT2D eigenvalue weighted by atomic mass is 9.96. The minimum absolute atomic E-state index is 0.233. The fourth-order valence-electron chi connectivity index (χ4n) is 2.95. The summed E-state index contributed by atoms with van der Waals surface area (Å²) in [6.07, 6.45) is 5.67. The number of rotatable bonds is 5. The van der Waals surface area contributed by atoms with Gasteiger partial charge in [-0.15, -0.1) is 10.2 Å². The summed E-state index contributed by atoms with van der Waals surface area (Å²) in [4.78, 5) is 11.2. The molecule has 0 saturated carbocycles. The minimum Gasteiger partial charge on any atom is -0.478 e. The fraction of sp³-hybridized carbons (Fsp3) is 0.0952. The van der Waals surface area contributed by atoms with E-state index in [4.69, 9.17) is 9.52 Å². The Balaban J connectivity index is 1.63. The Hall–Kier alpha value is -3.67. The molecule has 3 aromatic rings. The molecule has 1 atom stereocenters. The third kappa shape index (κ3) is 3.64. The summed E-state index contributed by atoms with van der Waals surface area (Å²) in [7, 11) is 0. The van der Waals surface area contributed by atoms with Crippen LogP contribution >= 0.6 is 0 Å². The lowest BCUT2D eigenvalue weighted by Crippen LogP contribution is -2.06. The molecular weight excluding hydrogens is 342 g/mol. The van der Waals surface area contributed by atoms with Crippen LogP contribution in [0.2, 0.25) is 0 Å². The molecule has 1 heterocycles. The summed E-state index contributed by atoms with van der Waals surface area (Å²) in [5.41, 5.74) is 2.83. The number of carbonyl (C=O) groups is 1. The maximum Gasteiger partial charge on any atom is 0.335 e. The van der Waals surface area contributed by atoms with Crippen molar-refractivity contribution in [2.24, 2.45) is 0 Å². The van der Waals surface area contributed by atoms with Gasteiger partial charge in [0.2, 0.25) is 11.8 Å². The van der Waals surface area contributed by atoms with Gasteiger partial charge in [0, 0.05) is 5.69 Å². The summed E-state index contributed by atoms with van der Waals surface area (Å²) in [5, 5.41) is 20.8. The topological polar surface area (TPSA) is 88.2 Å². The highest BCUT2D eigenvalue weighted by atomic mass is 16.4. The van der Waals surface area contributed by atoms with Crippen LogP contribution in [-0.2, 0) is 4.79 Å². The van der Waals surface area contributed by atoms with Gasteiger partial charge < -0.3 is 14.8 Å². The van der Waals surface area contributed by atoms with E-state index in [0.717, 1.165) is 16.9 Å². The van der Waals surface area contributed by atoms with Crippen LogP contribution in [0.3, 0.4) is 0 Å². The highest BCUT2D eigenvalue weighted by Crippen LogP contribution is 2.32. The number of hydrogen-bond donors (Lipinski definition) is 2. The molecule has 6 nitrogen and oxygen atoms in total. The molecule has 0 amide bonds. The van der Waals surface area contributed by atoms with Gasteiger partial charge in [-0.1, -0.05) is 48.6 Å². The van der Waals surface area contributed by atoms with Gasteiger partial charge in [-0.05, 0) is 30.7 Å². The molecule has 0 fully saturated rings. The standard InChI is InChI=1S/C21H17N3O3/c25-21(26)15-8-6-7-14(13-15)19-23-24-20(27-19)17-11-4-5-12-18(17)22-16-9-2-1-3-10-16/h1-6,8-14,22H,7H2,(H,25,26). The Morgan fingerprint density at radius 3 is 2.67 bits per heavy atom. The van der Waals surface area contributed by atoms with Crippen LogP contribution < -0.4 is 5.32 Å². The number of carboxylic acids is 1. The van der Waals surface area contributed by atoms with Gasteiger partial charge in [-0.25, -0.2) is 4.79 Å². The predicted octanol–water partition coefficient (Wildman–Crippen LogP) is 4.53. The normalized spacial score (nSPS) is 16.0. The third-order valence-corrected chi connectivity index (χ3v) is 4.28. The largest absolute Gasteiger partial charge is 0.478 e. The van der Waals surface area contributed by atoms with Crippen molar-refractivity contribution in [2.45, 2.75) is 12.3 Å². The molecule has 1 aliphatic rings. The molecule has 0 spiro atoms. The van der Waals surface area contributed by atoms with Crippen molar-refractivity contribution >= 4 is 17.3 Å². The van der Waals surface area contributed by atoms with Crippen LogP contribution in [-0.4, -0.2) is 21.3 Å². The number of nitrogens with zero attached hydrogens (tertiary/aromatic N) is 2. The molecule has 134 valence electrons. The maximum absolute atomic E-state index is 11.2. The highest BCUT2D eigenvalue weighted by molar-refractivity contribution is 5.90. The first-order valence-corrected chi connectivity index (χ1v) is 8.57. The van der Waals surface area contributed by atoms with Crippen molar-refractivity contribution in [3.63, 3.8) is 0 Å². The van der Waals surface area contributed by atoms with E-state index in [9.17, 15) is 4.79 Å². The Kier molecular flexibility index (Phi) is 4.53. The number of aromatic nitrogens is 2. The maximum atomic E-state index is 11.2. The summed E-state index contributed by atoms with van der Waals surface area (Å²) >= 11 is 0. The van der Waals surface area contributed by atoms with E-state index >= 15 is 0 Å². The second kappa shape index (κ2) is 7.29. The molecular formula is C21H17N3O3. The van der Waals surface area contributed by atoms with Crippen molar-refractivity contribution in [3.05, 3.63) is 84.3 Å². The fourth-order valence-corrected chi connectivity index (χ4v) is 2.95. The number of anilines is 2. The first-order valence-electron chi connectivity index (χ1n) is 8.57. The van der Waals surface area contributed by atoms with E-state index in [0.29, 0.717) is 18.2 Å². The van der Waals surface area contributed by atoms with E-state index in [-0.39, 0.29) is 11.5 Å². The van der Waals surface area contributed by atoms with E-state index in [1.54, 1.807) is 12.2 Å². The quantitative estimate of drug-likeness (QED) is 0.695. The van der Waals surface area contributed by atoms with Gasteiger partial charge in [0.15, 0.2) is 0 Å². The first kappa shape index (κ1) is 16.8. The van der Waals surface area contributed by atoms with E-state index in [1.807, 2.05) is 60.7 Å². The number of benzene rings is 2. The number of nitrogens with one attached hydrogen (secondary N) is 1. The number of hydrogen-bond acceptors (Lipinski definition) is 5. The number of para-hydroxylation sites is 2. The second-order valence-electron chi connectivity index (χ2n) is 6.15. The van der Waals surface area contributed by atoms with Crippen molar-refractivity contribution in [3.8, 4) is 11.5 Å². The van der Waals surface area contributed by atoms with E-state index < -0.39 is 5.97 Å². The smallest absolute Gasteiger partial charge is 0.335 e. The Morgan fingerprint density at radius 2 is 1.85 bits per heavy atom. The van der Waals surface area contributed by atoms with Gasteiger partial charge in [0.05, 0.1) is 22.7 Å². The summed E-state index contributed by atoms with van der Waals surface area (Å²) < 4.78 is 5.88. The monoisotopic (exact) mass is 359 g/mol. The molecule has 0 aliphatic heterocycles. The predicted molar refractivity (Wildman–Crippen MR) is 102 cm³/mol. The highest BCUT2D eigenvalue weighted by Gasteiger charge is 2.21. The lowest BCUT2D eigenvalue weighted by molar-refractivity contribution is -0.132. The van der Waals surface area contributed by atoms with E-state index in [1.165, 1.54) is 0 Å². The SMILES string of the molecule is O=C(O)C1=CC(c2nnc(-c3ccccc3Nc3ccccc3)o2)CC=C1. The van der Waals surface area contributed by atoms with Crippen LogP contribution in [0.5, 0.6) is 0 Å². The van der Waals surface area contributed by atoms with Gasteiger partial charge >= 0.3 is 5.97 Å².